The van der Waals surface area contributed by atoms with Gasteiger partial charge >= 0.3 is 5.97 Å². The summed E-state index contributed by atoms with van der Waals surface area (Å²) >= 11 is 0. The zero-order chi connectivity index (χ0) is 19.8. The van der Waals surface area contributed by atoms with E-state index in [4.69, 9.17) is 9.26 Å². The molecule has 0 fully saturated rings. The van der Waals surface area contributed by atoms with Gasteiger partial charge in [0.25, 0.3) is 5.91 Å². The number of amides is 2. The van der Waals surface area contributed by atoms with Crippen molar-refractivity contribution < 1.29 is 23.6 Å². The van der Waals surface area contributed by atoms with Gasteiger partial charge in [0.15, 0.2) is 11.5 Å². The van der Waals surface area contributed by atoms with E-state index in [1.54, 1.807) is 0 Å². The lowest BCUT2D eigenvalue weighted by molar-refractivity contribution is -0.145. The number of ether oxygens (including phenoxy) is 1. The van der Waals surface area contributed by atoms with Crippen LogP contribution in [-0.2, 0) is 14.3 Å². The molecule has 1 atom stereocenters. The van der Waals surface area contributed by atoms with Gasteiger partial charge in [0.1, 0.15) is 6.04 Å². The van der Waals surface area contributed by atoms with Crippen LogP contribution in [-0.4, -0.2) is 42.6 Å². The molecule has 0 aliphatic heterocycles. The predicted octanol–water partition coefficient (Wildman–Crippen LogP) is 1.78. The maximum absolute atomic E-state index is 12.1. The molecule has 0 aliphatic carbocycles. The molecule has 2 amide bonds. The van der Waals surface area contributed by atoms with Crippen molar-refractivity contribution in [2.45, 2.75) is 26.3 Å². The topological polar surface area (TPSA) is 111 Å². The third kappa shape index (κ3) is 5.95. The molecule has 2 aromatic rings. The maximum Gasteiger partial charge on any atom is 0.328 e. The molecule has 1 aromatic carbocycles. The second-order valence-corrected chi connectivity index (χ2v) is 6.40. The number of methoxy groups -OCH3 is 1. The number of aromatic nitrogens is 1. The Balaban J connectivity index is 1.90. The van der Waals surface area contributed by atoms with E-state index in [0.29, 0.717) is 12.2 Å². The van der Waals surface area contributed by atoms with Gasteiger partial charge in [-0.2, -0.15) is 0 Å². The SMILES string of the molecule is COC(=O)[C@@H](CC(C)C)NC(=O)CNC(=O)c1cc(-c2ccccc2)on1. The second kappa shape index (κ2) is 9.51. The Kier molecular flexibility index (Phi) is 7.10. The van der Waals surface area contributed by atoms with Crippen LogP contribution in [0.1, 0.15) is 30.8 Å². The maximum atomic E-state index is 12.1. The summed E-state index contributed by atoms with van der Waals surface area (Å²) in [5, 5.41) is 8.74. The summed E-state index contributed by atoms with van der Waals surface area (Å²) in [5.74, 6) is -0.920. The van der Waals surface area contributed by atoms with Crippen LogP contribution in [0.4, 0.5) is 0 Å². The summed E-state index contributed by atoms with van der Waals surface area (Å²) in [4.78, 5) is 35.9. The van der Waals surface area contributed by atoms with Crippen molar-refractivity contribution in [3.05, 3.63) is 42.1 Å². The molecule has 8 nitrogen and oxygen atoms in total. The van der Waals surface area contributed by atoms with Crippen molar-refractivity contribution in [3.8, 4) is 11.3 Å². The van der Waals surface area contributed by atoms with Crippen LogP contribution in [0.15, 0.2) is 40.9 Å². The molecule has 0 saturated heterocycles. The number of nitrogens with one attached hydrogen (secondary N) is 2. The average molecular weight is 373 g/mol. The van der Waals surface area contributed by atoms with E-state index in [9.17, 15) is 14.4 Å². The molecular formula is C19H23N3O5. The number of nitrogens with zero attached hydrogens (tertiary/aromatic N) is 1. The highest BCUT2D eigenvalue weighted by Crippen LogP contribution is 2.19. The van der Waals surface area contributed by atoms with Crippen molar-refractivity contribution in [1.29, 1.82) is 0 Å². The first kappa shape index (κ1) is 20.2. The normalized spacial score (nSPS) is 11.7. The van der Waals surface area contributed by atoms with Crippen LogP contribution in [0.5, 0.6) is 0 Å². The van der Waals surface area contributed by atoms with Crippen LogP contribution < -0.4 is 10.6 Å². The quantitative estimate of drug-likeness (QED) is 0.683. The third-order valence-corrected chi connectivity index (χ3v) is 3.74. The van der Waals surface area contributed by atoms with E-state index in [1.807, 2.05) is 44.2 Å². The zero-order valence-corrected chi connectivity index (χ0v) is 15.5. The molecule has 144 valence electrons. The van der Waals surface area contributed by atoms with Crippen LogP contribution in [0.3, 0.4) is 0 Å². The van der Waals surface area contributed by atoms with Gasteiger partial charge in [0, 0.05) is 11.6 Å². The van der Waals surface area contributed by atoms with Gasteiger partial charge in [-0.15, -0.1) is 0 Å². The van der Waals surface area contributed by atoms with Gasteiger partial charge in [-0.25, -0.2) is 4.79 Å². The van der Waals surface area contributed by atoms with Crippen molar-refractivity contribution in [2.24, 2.45) is 5.92 Å². The molecule has 0 unspecified atom stereocenters. The number of rotatable bonds is 8. The largest absolute Gasteiger partial charge is 0.467 e. The van der Waals surface area contributed by atoms with Crippen LogP contribution >= 0.6 is 0 Å². The van der Waals surface area contributed by atoms with Gasteiger partial charge < -0.3 is 19.9 Å². The zero-order valence-electron chi connectivity index (χ0n) is 15.5. The van der Waals surface area contributed by atoms with Crippen LogP contribution in [0.25, 0.3) is 11.3 Å². The number of esters is 1. The Morgan fingerprint density at radius 3 is 2.52 bits per heavy atom. The lowest BCUT2D eigenvalue weighted by Gasteiger charge is -2.18. The molecule has 8 heteroatoms. The first-order valence-corrected chi connectivity index (χ1v) is 8.58. The number of carbonyl (C=O) groups excluding carboxylic acids is 3. The first-order chi connectivity index (χ1) is 12.9. The van der Waals surface area contributed by atoms with Crippen molar-refractivity contribution in [3.63, 3.8) is 0 Å². The Morgan fingerprint density at radius 1 is 1.19 bits per heavy atom. The van der Waals surface area contributed by atoms with E-state index < -0.39 is 23.8 Å². The smallest absolute Gasteiger partial charge is 0.328 e. The van der Waals surface area contributed by atoms with E-state index in [2.05, 4.69) is 15.8 Å². The molecule has 1 aromatic heterocycles. The summed E-state index contributed by atoms with van der Waals surface area (Å²) in [5.41, 5.74) is 0.852. The van der Waals surface area contributed by atoms with Gasteiger partial charge in [-0.05, 0) is 12.3 Å². The molecule has 1 heterocycles. The van der Waals surface area contributed by atoms with Gasteiger partial charge in [-0.1, -0.05) is 49.3 Å². The number of carbonyl (C=O) groups is 3. The molecule has 27 heavy (non-hydrogen) atoms. The predicted molar refractivity (Wildman–Crippen MR) is 97.7 cm³/mol. The van der Waals surface area contributed by atoms with E-state index in [-0.39, 0.29) is 18.2 Å². The molecule has 0 radical (unpaired) electrons. The highest BCUT2D eigenvalue weighted by atomic mass is 16.5. The highest BCUT2D eigenvalue weighted by Gasteiger charge is 2.23. The fourth-order valence-corrected chi connectivity index (χ4v) is 2.44. The summed E-state index contributed by atoms with van der Waals surface area (Å²) in [7, 11) is 1.26. The molecule has 0 aliphatic rings. The van der Waals surface area contributed by atoms with Gasteiger partial charge in [-0.3, -0.25) is 9.59 Å². The molecule has 0 saturated carbocycles. The monoisotopic (exact) mass is 373 g/mol. The minimum absolute atomic E-state index is 0.0633. The minimum atomic E-state index is -0.754. The number of hydrogen-bond acceptors (Lipinski definition) is 6. The summed E-state index contributed by atoms with van der Waals surface area (Å²) in [6.45, 7) is 3.56. The Labute approximate surface area is 157 Å². The van der Waals surface area contributed by atoms with E-state index in [0.717, 1.165) is 5.56 Å². The fraction of sp³-hybridized carbons (Fsp3) is 0.368. The summed E-state index contributed by atoms with van der Waals surface area (Å²) in [6, 6.07) is 9.96. The van der Waals surface area contributed by atoms with Gasteiger partial charge in [0.05, 0.1) is 13.7 Å². The van der Waals surface area contributed by atoms with E-state index >= 15 is 0 Å². The molecular weight excluding hydrogens is 350 g/mol. The third-order valence-electron chi connectivity index (χ3n) is 3.74. The lowest BCUT2D eigenvalue weighted by Crippen LogP contribution is -2.46. The molecule has 2 rings (SSSR count). The van der Waals surface area contributed by atoms with Crippen LogP contribution in [0.2, 0.25) is 0 Å². The van der Waals surface area contributed by atoms with Crippen molar-refractivity contribution in [2.75, 3.05) is 13.7 Å². The van der Waals surface area contributed by atoms with Crippen molar-refractivity contribution >= 4 is 17.8 Å². The first-order valence-electron chi connectivity index (χ1n) is 8.58. The summed E-state index contributed by atoms with van der Waals surface area (Å²) in [6.07, 6.45) is 0.441. The lowest BCUT2D eigenvalue weighted by atomic mass is 10.0. The molecule has 0 spiro atoms. The fourth-order valence-electron chi connectivity index (χ4n) is 2.44. The van der Waals surface area contributed by atoms with Gasteiger partial charge in [0.2, 0.25) is 5.91 Å². The Morgan fingerprint density at radius 2 is 1.89 bits per heavy atom. The molecule has 2 N–H and O–H groups in total. The average Bonchev–Trinajstić information content (AvgIpc) is 3.15. The number of benzene rings is 1. The Hall–Kier alpha value is -3.16. The Bertz CT molecular complexity index is 786. The highest BCUT2D eigenvalue weighted by molar-refractivity contribution is 5.96. The number of hydrogen-bond donors (Lipinski definition) is 2. The van der Waals surface area contributed by atoms with Crippen LogP contribution in [0, 0.1) is 5.92 Å². The summed E-state index contributed by atoms with van der Waals surface area (Å²) < 4.78 is 9.85. The van der Waals surface area contributed by atoms with Crippen molar-refractivity contribution in [1.82, 2.24) is 15.8 Å². The minimum Gasteiger partial charge on any atom is -0.467 e. The van der Waals surface area contributed by atoms with E-state index in [1.165, 1.54) is 13.2 Å². The standard InChI is InChI=1S/C19H23N3O5/c1-12(2)9-15(19(25)26-3)21-17(23)11-20-18(24)14-10-16(27-22-14)13-7-5-4-6-8-13/h4-8,10,12,15H,9,11H2,1-3H3,(H,20,24)(H,21,23)/t15-/m1/s1. The second-order valence-electron chi connectivity index (χ2n) is 6.40. The molecule has 0 bridgehead atoms.